The van der Waals surface area contributed by atoms with Crippen LogP contribution in [0, 0.1) is 5.41 Å². The molecule has 0 aromatic carbocycles. The molecule has 0 bridgehead atoms. The first-order valence-electron chi connectivity index (χ1n) is 9.29. The molecule has 0 spiro atoms. The lowest BCUT2D eigenvalue weighted by Crippen LogP contribution is -2.51. The van der Waals surface area contributed by atoms with Crippen molar-refractivity contribution in [2.24, 2.45) is 5.41 Å². The van der Waals surface area contributed by atoms with E-state index in [2.05, 4.69) is 15.5 Å². The molecule has 1 heterocycles. The first kappa shape index (κ1) is 21.4. The van der Waals surface area contributed by atoms with Crippen molar-refractivity contribution in [1.29, 1.82) is 0 Å². The summed E-state index contributed by atoms with van der Waals surface area (Å²) in [5.74, 6) is 0.186. The molecule has 0 radical (unpaired) electrons. The maximum absolute atomic E-state index is 12.2. The molecule has 0 saturated carbocycles. The van der Waals surface area contributed by atoms with Gasteiger partial charge < -0.3 is 15.5 Å². The minimum atomic E-state index is -0.399. The monoisotopic (exact) mass is 354 g/mol. The van der Waals surface area contributed by atoms with Crippen molar-refractivity contribution in [2.45, 2.75) is 47.0 Å². The zero-order valence-electron chi connectivity index (χ0n) is 16.2. The Bertz CT molecular complexity index is 452. The van der Waals surface area contributed by atoms with E-state index >= 15 is 0 Å². The summed E-state index contributed by atoms with van der Waals surface area (Å²) in [6.07, 6.45) is 2.03. The van der Waals surface area contributed by atoms with Crippen LogP contribution in [0.4, 0.5) is 0 Å². The first-order valence-corrected chi connectivity index (χ1v) is 9.29. The fourth-order valence-electron chi connectivity index (χ4n) is 2.54. The van der Waals surface area contributed by atoms with Crippen LogP contribution in [-0.4, -0.2) is 73.3 Å². The number of carbonyl (C=O) groups is 3. The number of amides is 3. The second-order valence-electron chi connectivity index (χ2n) is 7.62. The standard InChI is InChI=1S/C18H34N4O3/c1-5-8-19-15(23)14-21-10-12-22(13-11-21)16(24)7-6-9-20-17(25)18(2,3)4/h5-14H2,1-4H3,(H,19,23)(H,20,25). The Morgan fingerprint density at radius 3 is 2.16 bits per heavy atom. The number of nitrogens with one attached hydrogen (secondary N) is 2. The van der Waals surface area contributed by atoms with Crippen LogP contribution in [0.15, 0.2) is 0 Å². The van der Waals surface area contributed by atoms with E-state index in [0.29, 0.717) is 45.6 Å². The van der Waals surface area contributed by atoms with Gasteiger partial charge in [0.25, 0.3) is 0 Å². The lowest BCUT2D eigenvalue weighted by atomic mass is 9.96. The molecule has 1 saturated heterocycles. The van der Waals surface area contributed by atoms with Gasteiger partial charge in [0.2, 0.25) is 17.7 Å². The number of hydrogen-bond acceptors (Lipinski definition) is 4. The lowest BCUT2D eigenvalue weighted by Gasteiger charge is -2.34. The molecule has 0 aromatic heterocycles. The summed E-state index contributed by atoms with van der Waals surface area (Å²) in [5, 5.41) is 5.74. The van der Waals surface area contributed by atoms with E-state index in [1.807, 2.05) is 32.6 Å². The van der Waals surface area contributed by atoms with E-state index < -0.39 is 5.41 Å². The van der Waals surface area contributed by atoms with Crippen LogP contribution in [0.1, 0.15) is 47.0 Å². The van der Waals surface area contributed by atoms with Crippen LogP contribution in [0.25, 0.3) is 0 Å². The number of nitrogens with zero attached hydrogens (tertiary/aromatic N) is 2. The van der Waals surface area contributed by atoms with E-state index in [9.17, 15) is 14.4 Å². The molecule has 25 heavy (non-hydrogen) atoms. The SMILES string of the molecule is CCCNC(=O)CN1CCN(C(=O)CCCNC(=O)C(C)(C)C)CC1. The van der Waals surface area contributed by atoms with Gasteiger partial charge in [0.05, 0.1) is 6.54 Å². The van der Waals surface area contributed by atoms with E-state index in [0.717, 1.165) is 19.5 Å². The van der Waals surface area contributed by atoms with E-state index in [4.69, 9.17) is 0 Å². The van der Waals surface area contributed by atoms with Crippen LogP contribution >= 0.6 is 0 Å². The summed E-state index contributed by atoms with van der Waals surface area (Å²) in [6.45, 7) is 12.1. The van der Waals surface area contributed by atoms with Crippen LogP contribution < -0.4 is 10.6 Å². The average Bonchev–Trinajstić information content (AvgIpc) is 2.56. The molecular formula is C18H34N4O3. The minimum absolute atomic E-state index is 0.00918. The van der Waals surface area contributed by atoms with Gasteiger partial charge in [0, 0.05) is 51.1 Å². The summed E-state index contributed by atoms with van der Waals surface area (Å²) >= 11 is 0. The van der Waals surface area contributed by atoms with Crippen LogP contribution in [0.3, 0.4) is 0 Å². The Balaban J connectivity index is 2.18. The highest BCUT2D eigenvalue weighted by Crippen LogP contribution is 2.12. The Labute approximate surface area is 151 Å². The highest BCUT2D eigenvalue weighted by Gasteiger charge is 2.23. The first-order chi connectivity index (χ1) is 11.7. The lowest BCUT2D eigenvalue weighted by molar-refractivity contribution is -0.134. The molecule has 0 aliphatic carbocycles. The fourth-order valence-corrected chi connectivity index (χ4v) is 2.54. The summed E-state index contributed by atoms with van der Waals surface area (Å²) < 4.78 is 0. The Morgan fingerprint density at radius 1 is 0.960 bits per heavy atom. The Hall–Kier alpha value is -1.63. The van der Waals surface area contributed by atoms with Crippen molar-refractivity contribution in [2.75, 3.05) is 45.8 Å². The van der Waals surface area contributed by atoms with Gasteiger partial charge in [0.1, 0.15) is 0 Å². The molecule has 2 N–H and O–H groups in total. The average molecular weight is 354 g/mol. The summed E-state index contributed by atoms with van der Waals surface area (Å²) in [5.41, 5.74) is -0.399. The topological polar surface area (TPSA) is 81.8 Å². The van der Waals surface area contributed by atoms with Gasteiger partial charge in [-0.25, -0.2) is 0 Å². The van der Waals surface area contributed by atoms with Crippen molar-refractivity contribution in [3.63, 3.8) is 0 Å². The molecular weight excluding hydrogens is 320 g/mol. The summed E-state index contributed by atoms with van der Waals surface area (Å²) in [4.78, 5) is 39.6. The second-order valence-corrected chi connectivity index (χ2v) is 7.62. The smallest absolute Gasteiger partial charge is 0.234 e. The van der Waals surface area contributed by atoms with Gasteiger partial charge in [-0.2, -0.15) is 0 Å². The number of hydrogen-bond donors (Lipinski definition) is 2. The number of piperazine rings is 1. The highest BCUT2D eigenvalue weighted by atomic mass is 16.2. The predicted molar refractivity (Wildman–Crippen MR) is 98.0 cm³/mol. The fraction of sp³-hybridized carbons (Fsp3) is 0.833. The van der Waals surface area contributed by atoms with Crippen molar-refractivity contribution < 1.29 is 14.4 Å². The van der Waals surface area contributed by atoms with Gasteiger partial charge in [-0.3, -0.25) is 19.3 Å². The zero-order valence-corrected chi connectivity index (χ0v) is 16.2. The molecule has 0 aromatic rings. The third-order valence-electron chi connectivity index (χ3n) is 4.20. The molecule has 0 atom stereocenters. The highest BCUT2D eigenvalue weighted by molar-refractivity contribution is 5.81. The summed E-state index contributed by atoms with van der Waals surface area (Å²) in [6, 6.07) is 0. The van der Waals surface area contributed by atoms with Gasteiger partial charge in [-0.15, -0.1) is 0 Å². The van der Waals surface area contributed by atoms with Crippen molar-refractivity contribution in [1.82, 2.24) is 20.4 Å². The molecule has 1 aliphatic heterocycles. The van der Waals surface area contributed by atoms with Crippen LogP contribution in [0.2, 0.25) is 0 Å². The van der Waals surface area contributed by atoms with Crippen LogP contribution in [-0.2, 0) is 14.4 Å². The van der Waals surface area contributed by atoms with E-state index in [1.54, 1.807) is 0 Å². The minimum Gasteiger partial charge on any atom is -0.356 e. The van der Waals surface area contributed by atoms with E-state index in [1.165, 1.54) is 0 Å². The molecule has 1 fully saturated rings. The Kier molecular flexibility index (Phi) is 8.89. The molecule has 1 aliphatic rings. The predicted octanol–water partition coefficient (Wildman–Crippen LogP) is 0.599. The van der Waals surface area contributed by atoms with Crippen molar-refractivity contribution >= 4 is 17.7 Å². The number of carbonyl (C=O) groups excluding carboxylic acids is 3. The van der Waals surface area contributed by atoms with Crippen molar-refractivity contribution in [3.05, 3.63) is 0 Å². The maximum atomic E-state index is 12.2. The Morgan fingerprint density at radius 2 is 1.60 bits per heavy atom. The number of rotatable bonds is 8. The molecule has 144 valence electrons. The van der Waals surface area contributed by atoms with Crippen molar-refractivity contribution in [3.8, 4) is 0 Å². The molecule has 3 amide bonds. The van der Waals surface area contributed by atoms with Crippen LogP contribution in [0.5, 0.6) is 0 Å². The molecule has 7 heteroatoms. The molecule has 1 rings (SSSR count). The van der Waals surface area contributed by atoms with Gasteiger partial charge in [-0.1, -0.05) is 27.7 Å². The molecule has 0 unspecified atom stereocenters. The summed E-state index contributed by atoms with van der Waals surface area (Å²) in [7, 11) is 0. The van der Waals surface area contributed by atoms with Gasteiger partial charge in [0.15, 0.2) is 0 Å². The quantitative estimate of drug-likeness (QED) is 0.626. The largest absolute Gasteiger partial charge is 0.356 e. The third kappa shape index (κ3) is 8.34. The third-order valence-corrected chi connectivity index (χ3v) is 4.20. The second kappa shape index (κ2) is 10.4. The normalized spacial score (nSPS) is 15.8. The van der Waals surface area contributed by atoms with E-state index in [-0.39, 0.29) is 17.7 Å². The maximum Gasteiger partial charge on any atom is 0.234 e. The van der Waals surface area contributed by atoms with Gasteiger partial charge >= 0.3 is 0 Å². The zero-order chi connectivity index (χ0) is 18.9. The van der Waals surface area contributed by atoms with Gasteiger partial charge in [-0.05, 0) is 12.8 Å². The molecule has 7 nitrogen and oxygen atoms in total.